The zero-order valence-electron chi connectivity index (χ0n) is 17.3. The number of aliphatic imine (C=N–C) groups is 1. The molecule has 5 nitrogen and oxygen atoms in total. The standard InChI is InChI=1S/C19H41N5.HI/c1-7-23(8-2)14-9-10-17(5)22-19(20-6)21-13-15-24(16(3)4)18-11-12-18;/h16-18H,7-15H2,1-6H3,(H2,20,21,22);1H. The van der Waals surface area contributed by atoms with Gasteiger partial charge in [-0.1, -0.05) is 13.8 Å². The molecule has 1 rings (SSSR count). The van der Waals surface area contributed by atoms with Crippen LogP contribution >= 0.6 is 24.0 Å². The van der Waals surface area contributed by atoms with Crippen LogP contribution in [0.15, 0.2) is 4.99 Å². The Morgan fingerprint density at radius 1 is 1.12 bits per heavy atom. The van der Waals surface area contributed by atoms with Crippen LogP contribution in [0.2, 0.25) is 0 Å². The third kappa shape index (κ3) is 10.6. The molecule has 0 saturated heterocycles. The van der Waals surface area contributed by atoms with Crippen LogP contribution in [0.3, 0.4) is 0 Å². The van der Waals surface area contributed by atoms with Crippen LogP contribution in [-0.4, -0.2) is 73.7 Å². The largest absolute Gasteiger partial charge is 0.355 e. The first-order chi connectivity index (χ1) is 11.5. The topological polar surface area (TPSA) is 42.9 Å². The van der Waals surface area contributed by atoms with Crippen molar-refractivity contribution in [3.63, 3.8) is 0 Å². The maximum absolute atomic E-state index is 4.37. The fourth-order valence-electron chi connectivity index (χ4n) is 3.23. The van der Waals surface area contributed by atoms with Crippen LogP contribution < -0.4 is 10.6 Å². The predicted molar refractivity (Wildman–Crippen MR) is 121 cm³/mol. The molecule has 1 saturated carbocycles. The molecular weight excluding hydrogens is 425 g/mol. The zero-order valence-corrected chi connectivity index (χ0v) is 19.7. The van der Waals surface area contributed by atoms with Crippen LogP contribution in [0, 0.1) is 0 Å². The van der Waals surface area contributed by atoms with Crippen LogP contribution in [-0.2, 0) is 0 Å². The van der Waals surface area contributed by atoms with Crippen molar-refractivity contribution < 1.29 is 0 Å². The average Bonchev–Trinajstić information content (AvgIpc) is 3.38. The number of halogens is 1. The Morgan fingerprint density at radius 2 is 1.76 bits per heavy atom. The second-order valence-corrected chi connectivity index (χ2v) is 7.28. The minimum Gasteiger partial charge on any atom is -0.355 e. The van der Waals surface area contributed by atoms with E-state index in [1.807, 2.05) is 7.05 Å². The van der Waals surface area contributed by atoms with Gasteiger partial charge in [0.15, 0.2) is 5.96 Å². The summed E-state index contributed by atoms with van der Waals surface area (Å²) in [5, 5.41) is 7.00. The summed E-state index contributed by atoms with van der Waals surface area (Å²) in [6.07, 6.45) is 5.15. The third-order valence-electron chi connectivity index (χ3n) is 4.95. The van der Waals surface area contributed by atoms with Crippen molar-refractivity contribution in [3.8, 4) is 0 Å². The summed E-state index contributed by atoms with van der Waals surface area (Å²) in [5.41, 5.74) is 0. The van der Waals surface area contributed by atoms with E-state index in [-0.39, 0.29) is 24.0 Å². The van der Waals surface area contributed by atoms with Gasteiger partial charge in [-0.15, -0.1) is 24.0 Å². The van der Waals surface area contributed by atoms with E-state index in [2.05, 4.69) is 60.0 Å². The fourth-order valence-corrected chi connectivity index (χ4v) is 3.23. The number of nitrogens with one attached hydrogen (secondary N) is 2. The lowest BCUT2D eigenvalue weighted by molar-refractivity contribution is 0.215. The summed E-state index contributed by atoms with van der Waals surface area (Å²) in [6, 6.07) is 1.91. The van der Waals surface area contributed by atoms with E-state index in [0.29, 0.717) is 12.1 Å². The van der Waals surface area contributed by atoms with Crippen molar-refractivity contribution in [2.45, 2.75) is 78.4 Å². The van der Waals surface area contributed by atoms with Crippen LogP contribution in [0.25, 0.3) is 0 Å². The molecule has 0 radical (unpaired) electrons. The first-order valence-corrected chi connectivity index (χ1v) is 9.97. The lowest BCUT2D eigenvalue weighted by Gasteiger charge is -2.27. The first kappa shape index (κ1) is 24.9. The molecule has 1 unspecified atom stereocenters. The summed E-state index contributed by atoms with van der Waals surface area (Å²) >= 11 is 0. The molecule has 0 aromatic carbocycles. The Morgan fingerprint density at radius 3 is 2.24 bits per heavy atom. The van der Waals surface area contributed by atoms with E-state index in [0.717, 1.165) is 38.2 Å². The predicted octanol–water partition coefficient (Wildman–Crippen LogP) is 3.15. The first-order valence-electron chi connectivity index (χ1n) is 9.97. The minimum absolute atomic E-state index is 0. The second-order valence-electron chi connectivity index (χ2n) is 7.28. The summed E-state index contributed by atoms with van der Waals surface area (Å²) < 4.78 is 0. The molecule has 150 valence electrons. The van der Waals surface area contributed by atoms with Gasteiger partial charge in [-0.2, -0.15) is 0 Å². The average molecular weight is 467 g/mol. The van der Waals surface area contributed by atoms with Gasteiger partial charge in [-0.25, -0.2) is 0 Å². The molecule has 0 heterocycles. The van der Waals surface area contributed by atoms with Gasteiger partial charge in [0, 0.05) is 38.3 Å². The number of nitrogens with zero attached hydrogens (tertiary/aromatic N) is 3. The van der Waals surface area contributed by atoms with Gasteiger partial charge in [-0.3, -0.25) is 9.89 Å². The van der Waals surface area contributed by atoms with E-state index >= 15 is 0 Å². The van der Waals surface area contributed by atoms with Crippen molar-refractivity contribution in [1.29, 1.82) is 0 Å². The third-order valence-corrected chi connectivity index (χ3v) is 4.95. The molecule has 0 aromatic heterocycles. The van der Waals surface area contributed by atoms with Crippen molar-refractivity contribution in [2.24, 2.45) is 4.99 Å². The van der Waals surface area contributed by atoms with Crippen LogP contribution in [0.5, 0.6) is 0 Å². The molecule has 1 fully saturated rings. The molecule has 0 spiro atoms. The fraction of sp³-hybridized carbons (Fsp3) is 0.947. The molecule has 6 heteroatoms. The summed E-state index contributed by atoms with van der Waals surface area (Å²) in [4.78, 5) is 9.46. The highest BCUT2D eigenvalue weighted by Crippen LogP contribution is 2.27. The highest BCUT2D eigenvalue weighted by Gasteiger charge is 2.30. The summed E-state index contributed by atoms with van der Waals surface area (Å²) in [6.45, 7) is 16.9. The van der Waals surface area contributed by atoms with E-state index in [9.17, 15) is 0 Å². The van der Waals surface area contributed by atoms with Crippen molar-refractivity contribution >= 4 is 29.9 Å². The van der Waals surface area contributed by atoms with Gasteiger partial charge in [0.25, 0.3) is 0 Å². The molecule has 0 bridgehead atoms. The Bertz CT molecular complexity index is 352. The van der Waals surface area contributed by atoms with Crippen molar-refractivity contribution in [1.82, 2.24) is 20.4 Å². The molecule has 0 amide bonds. The van der Waals surface area contributed by atoms with Crippen molar-refractivity contribution in [3.05, 3.63) is 0 Å². The summed E-state index contributed by atoms with van der Waals surface area (Å²) in [5.74, 6) is 0.935. The molecule has 25 heavy (non-hydrogen) atoms. The molecule has 0 aromatic rings. The van der Waals surface area contributed by atoms with Gasteiger partial charge in [0.2, 0.25) is 0 Å². The monoisotopic (exact) mass is 467 g/mol. The molecule has 0 aliphatic heterocycles. The number of guanidine groups is 1. The van der Waals surface area contributed by atoms with E-state index in [4.69, 9.17) is 0 Å². The second kappa shape index (κ2) is 14.0. The Balaban J connectivity index is 0.00000576. The molecule has 1 aliphatic rings. The summed E-state index contributed by atoms with van der Waals surface area (Å²) in [7, 11) is 1.86. The maximum atomic E-state index is 4.37. The SMILES string of the molecule is CCN(CC)CCCC(C)NC(=NC)NCCN(C(C)C)C1CC1.I. The Hall–Kier alpha value is -0.0800. The van der Waals surface area contributed by atoms with Gasteiger partial charge < -0.3 is 15.5 Å². The lowest BCUT2D eigenvalue weighted by Crippen LogP contribution is -2.46. The molecule has 2 N–H and O–H groups in total. The van der Waals surface area contributed by atoms with E-state index < -0.39 is 0 Å². The van der Waals surface area contributed by atoms with Gasteiger partial charge in [0.05, 0.1) is 0 Å². The molecular formula is C19H42IN5. The maximum Gasteiger partial charge on any atom is 0.191 e. The van der Waals surface area contributed by atoms with Gasteiger partial charge in [-0.05, 0) is 66.1 Å². The number of hydrogen-bond donors (Lipinski definition) is 2. The molecule has 1 aliphatic carbocycles. The van der Waals surface area contributed by atoms with Gasteiger partial charge in [0.1, 0.15) is 0 Å². The Labute approximate surface area is 173 Å². The van der Waals surface area contributed by atoms with Crippen molar-refractivity contribution in [2.75, 3.05) is 39.8 Å². The lowest BCUT2D eigenvalue weighted by atomic mass is 10.2. The minimum atomic E-state index is 0. The highest BCUT2D eigenvalue weighted by atomic mass is 127. The van der Waals surface area contributed by atoms with Crippen LogP contribution in [0.1, 0.15) is 60.3 Å². The smallest absolute Gasteiger partial charge is 0.191 e. The quantitative estimate of drug-likeness (QED) is 0.263. The normalized spacial score (nSPS) is 16.3. The molecule has 1 atom stereocenters. The van der Waals surface area contributed by atoms with Gasteiger partial charge >= 0.3 is 0 Å². The number of rotatable bonds is 12. The van der Waals surface area contributed by atoms with E-state index in [1.54, 1.807) is 0 Å². The van der Waals surface area contributed by atoms with E-state index in [1.165, 1.54) is 32.2 Å². The Kier molecular flexibility index (Phi) is 14.0. The van der Waals surface area contributed by atoms with Crippen LogP contribution in [0.4, 0.5) is 0 Å². The highest BCUT2D eigenvalue weighted by molar-refractivity contribution is 14.0. The zero-order chi connectivity index (χ0) is 17.9. The number of hydrogen-bond acceptors (Lipinski definition) is 3.